The summed E-state index contributed by atoms with van der Waals surface area (Å²) in [5, 5.41) is 4.53. The number of aryl methyl sites for hydroxylation is 3. The topological polar surface area (TPSA) is 53.1 Å². The highest BCUT2D eigenvalue weighted by atomic mass is 16.5. The first-order valence-electron chi connectivity index (χ1n) is 7.54. The molecule has 0 spiro atoms. The number of fused-ring (bicyclic) bond motifs is 1. The molecule has 21 heavy (non-hydrogen) atoms. The molecule has 1 atom stereocenters. The van der Waals surface area contributed by atoms with Crippen molar-refractivity contribution < 1.29 is 4.74 Å². The van der Waals surface area contributed by atoms with E-state index in [0.29, 0.717) is 0 Å². The molecular formula is C17H23N3O. The van der Waals surface area contributed by atoms with Gasteiger partial charge in [0.2, 0.25) is 0 Å². The van der Waals surface area contributed by atoms with Crippen LogP contribution in [0.3, 0.4) is 0 Å². The SMILES string of the molecule is CCc1cc(CC2(N)CCc3ccc(OC)cc32)n(C)n1. The van der Waals surface area contributed by atoms with Crippen LogP contribution in [0.15, 0.2) is 24.3 Å². The molecule has 0 amide bonds. The summed E-state index contributed by atoms with van der Waals surface area (Å²) in [6.45, 7) is 2.13. The Bertz CT molecular complexity index is 662. The van der Waals surface area contributed by atoms with Crippen LogP contribution in [0, 0.1) is 0 Å². The smallest absolute Gasteiger partial charge is 0.119 e. The van der Waals surface area contributed by atoms with E-state index in [0.717, 1.165) is 37.1 Å². The molecule has 2 aromatic rings. The fourth-order valence-corrected chi connectivity index (χ4v) is 3.27. The van der Waals surface area contributed by atoms with Gasteiger partial charge < -0.3 is 10.5 Å². The van der Waals surface area contributed by atoms with Gasteiger partial charge in [-0.3, -0.25) is 4.68 Å². The van der Waals surface area contributed by atoms with Gasteiger partial charge in [-0.2, -0.15) is 5.10 Å². The van der Waals surface area contributed by atoms with Crippen LogP contribution in [0.1, 0.15) is 35.9 Å². The Hall–Kier alpha value is -1.81. The summed E-state index contributed by atoms with van der Waals surface area (Å²) in [5.74, 6) is 0.879. The van der Waals surface area contributed by atoms with E-state index in [-0.39, 0.29) is 5.54 Å². The number of hydrogen-bond acceptors (Lipinski definition) is 3. The number of nitrogens with two attached hydrogens (primary N) is 1. The Morgan fingerprint density at radius 2 is 2.19 bits per heavy atom. The number of nitrogens with zero attached hydrogens (tertiary/aromatic N) is 2. The quantitative estimate of drug-likeness (QED) is 0.938. The van der Waals surface area contributed by atoms with Gasteiger partial charge in [-0.1, -0.05) is 13.0 Å². The molecule has 0 aliphatic heterocycles. The number of methoxy groups -OCH3 is 1. The number of rotatable bonds is 4. The van der Waals surface area contributed by atoms with Crippen LogP contribution >= 0.6 is 0 Å². The molecule has 0 radical (unpaired) electrons. The minimum atomic E-state index is -0.317. The molecule has 1 aliphatic carbocycles. The zero-order valence-corrected chi connectivity index (χ0v) is 13.0. The summed E-state index contributed by atoms with van der Waals surface area (Å²) in [6, 6.07) is 8.43. The number of ether oxygens (including phenoxy) is 1. The molecule has 0 saturated carbocycles. The fourth-order valence-electron chi connectivity index (χ4n) is 3.27. The second-order valence-electron chi connectivity index (χ2n) is 5.96. The van der Waals surface area contributed by atoms with Crippen LogP contribution in [-0.4, -0.2) is 16.9 Å². The highest BCUT2D eigenvalue weighted by Crippen LogP contribution is 2.39. The highest BCUT2D eigenvalue weighted by molar-refractivity contribution is 5.44. The molecule has 4 nitrogen and oxygen atoms in total. The number of hydrogen-bond donors (Lipinski definition) is 1. The summed E-state index contributed by atoms with van der Waals surface area (Å²) in [7, 11) is 3.70. The van der Waals surface area contributed by atoms with Gasteiger partial charge in [0.25, 0.3) is 0 Å². The van der Waals surface area contributed by atoms with Crippen molar-refractivity contribution in [3.8, 4) is 5.75 Å². The average molecular weight is 285 g/mol. The maximum Gasteiger partial charge on any atom is 0.119 e. The normalized spacial score (nSPS) is 20.6. The van der Waals surface area contributed by atoms with E-state index >= 15 is 0 Å². The molecule has 1 heterocycles. The van der Waals surface area contributed by atoms with Gasteiger partial charge in [-0.05, 0) is 48.6 Å². The van der Waals surface area contributed by atoms with E-state index in [1.807, 2.05) is 17.8 Å². The Kier molecular flexibility index (Phi) is 3.49. The summed E-state index contributed by atoms with van der Waals surface area (Å²) in [5.41, 5.74) is 11.3. The molecule has 3 rings (SSSR count). The summed E-state index contributed by atoms with van der Waals surface area (Å²) in [6.07, 6.45) is 3.78. The van der Waals surface area contributed by atoms with Crippen molar-refractivity contribution in [2.45, 2.75) is 38.1 Å². The molecule has 1 aliphatic rings. The van der Waals surface area contributed by atoms with Crippen LogP contribution < -0.4 is 10.5 Å². The minimum absolute atomic E-state index is 0.317. The number of benzene rings is 1. The third-order valence-electron chi connectivity index (χ3n) is 4.58. The average Bonchev–Trinajstić information content (AvgIpc) is 3.00. The van der Waals surface area contributed by atoms with Crippen LogP contribution in [0.25, 0.3) is 0 Å². The summed E-state index contributed by atoms with van der Waals surface area (Å²) < 4.78 is 7.32. The Labute approximate surface area is 125 Å². The molecular weight excluding hydrogens is 262 g/mol. The highest BCUT2D eigenvalue weighted by Gasteiger charge is 2.36. The molecule has 1 aromatic heterocycles. The van der Waals surface area contributed by atoms with Crippen LogP contribution in [0.4, 0.5) is 0 Å². The lowest BCUT2D eigenvalue weighted by Crippen LogP contribution is -2.37. The second-order valence-corrected chi connectivity index (χ2v) is 5.96. The van der Waals surface area contributed by atoms with Crippen molar-refractivity contribution in [1.29, 1.82) is 0 Å². The molecule has 112 valence electrons. The van der Waals surface area contributed by atoms with E-state index in [2.05, 4.69) is 30.2 Å². The number of aromatic nitrogens is 2. The lowest BCUT2D eigenvalue weighted by molar-refractivity contribution is 0.404. The Morgan fingerprint density at radius 3 is 2.86 bits per heavy atom. The molecule has 2 N–H and O–H groups in total. The lowest BCUT2D eigenvalue weighted by Gasteiger charge is -2.25. The van der Waals surface area contributed by atoms with E-state index in [1.54, 1.807) is 7.11 Å². The largest absolute Gasteiger partial charge is 0.497 e. The van der Waals surface area contributed by atoms with Crippen molar-refractivity contribution >= 4 is 0 Å². The Morgan fingerprint density at radius 1 is 1.38 bits per heavy atom. The molecule has 0 fully saturated rings. The first-order chi connectivity index (χ1) is 10.1. The van der Waals surface area contributed by atoms with Crippen LogP contribution in [0.2, 0.25) is 0 Å². The van der Waals surface area contributed by atoms with E-state index in [4.69, 9.17) is 10.5 Å². The van der Waals surface area contributed by atoms with E-state index in [1.165, 1.54) is 16.8 Å². The predicted molar refractivity (Wildman–Crippen MR) is 83.5 cm³/mol. The van der Waals surface area contributed by atoms with Gasteiger partial charge in [0, 0.05) is 24.7 Å². The van der Waals surface area contributed by atoms with Gasteiger partial charge in [0.1, 0.15) is 5.75 Å². The molecule has 1 aromatic carbocycles. The standard InChI is InChI=1S/C17H23N3O/c1-4-13-9-14(20(2)19-13)11-17(18)8-7-12-5-6-15(21-3)10-16(12)17/h5-6,9-10H,4,7-8,11,18H2,1-3H3. The molecule has 0 bridgehead atoms. The summed E-state index contributed by atoms with van der Waals surface area (Å²) in [4.78, 5) is 0. The van der Waals surface area contributed by atoms with Crippen molar-refractivity contribution in [1.82, 2.24) is 9.78 Å². The zero-order valence-electron chi connectivity index (χ0n) is 13.0. The predicted octanol–water partition coefficient (Wildman–Crippen LogP) is 2.33. The van der Waals surface area contributed by atoms with Gasteiger partial charge in [-0.15, -0.1) is 0 Å². The van der Waals surface area contributed by atoms with Crippen molar-refractivity contribution in [2.75, 3.05) is 7.11 Å². The minimum Gasteiger partial charge on any atom is -0.497 e. The van der Waals surface area contributed by atoms with Crippen LogP contribution in [-0.2, 0) is 31.8 Å². The van der Waals surface area contributed by atoms with Crippen LogP contribution in [0.5, 0.6) is 5.75 Å². The third kappa shape index (κ3) is 2.44. The van der Waals surface area contributed by atoms with E-state index < -0.39 is 0 Å². The first-order valence-corrected chi connectivity index (χ1v) is 7.54. The van der Waals surface area contributed by atoms with Gasteiger partial charge in [-0.25, -0.2) is 0 Å². The van der Waals surface area contributed by atoms with Crippen molar-refractivity contribution in [3.05, 3.63) is 46.8 Å². The van der Waals surface area contributed by atoms with Gasteiger partial charge in [0.15, 0.2) is 0 Å². The first kappa shape index (κ1) is 14.1. The molecule has 1 unspecified atom stereocenters. The second kappa shape index (κ2) is 5.19. The molecule has 0 saturated heterocycles. The third-order valence-corrected chi connectivity index (χ3v) is 4.58. The van der Waals surface area contributed by atoms with Gasteiger partial charge >= 0.3 is 0 Å². The maximum atomic E-state index is 6.75. The Balaban J connectivity index is 1.94. The summed E-state index contributed by atoms with van der Waals surface area (Å²) >= 11 is 0. The van der Waals surface area contributed by atoms with Crippen molar-refractivity contribution in [3.63, 3.8) is 0 Å². The lowest BCUT2D eigenvalue weighted by atomic mass is 9.88. The monoisotopic (exact) mass is 285 g/mol. The maximum absolute atomic E-state index is 6.75. The van der Waals surface area contributed by atoms with Crippen molar-refractivity contribution in [2.24, 2.45) is 12.8 Å². The fraction of sp³-hybridized carbons (Fsp3) is 0.471. The van der Waals surface area contributed by atoms with E-state index in [9.17, 15) is 0 Å². The zero-order chi connectivity index (χ0) is 15.0. The van der Waals surface area contributed by atoms with Gasteiger partial charge in [0.05, 0.1) is 12.8 Å². The molecule has 4 heteroatoms.